The molecule has 0 saturated carbocycles. The van der Waals surface area contributed by atoms with Crippen molar-refractivity contribution >= 4 is 18.2 Å². The molecule has 0 amide bonds. The quantitative estimate of drug-likeness (QED) is 0.588. The average molecular weight is 204 g/mol. The number of carbonyl (C=O) groups excluding carboxylic acids is 1. The van der Waals surface area contributed by atoms with E-state index in [-0.39, 0.29) is 11.2 Å². The maximum absolute atomic E-state index is 12.0. The van der Waals surface area contributed by atoms with E-state index in [4.69, 9.17) is 0 Å². The first kappa shape index (κ1) is 12.0. The Balaban J connectivity index is 3.06. The van der Waals surface area contributed by atoms with Crippen LogP contribution in [0, 0.1) is 5.41 Å². The molecule has 0 aliphatic carbocycles. The molecule has 0 fully saturated rings. The summed E-state index contributed by atoms with van der Waals surface area (Å²) in [6.45, 7) is 6.84. The van der Waals surface area contributed by atoms with Crippen molar-refractivity contribution in [1.82, 2.24) is 0 Å². The molecule has 1 N–H and O–H groups in total. The highest BCUT2D eigenvalue weighted by atomic mass is 16.2. The van der Waals surface area contributed by atoms with Crippen molar-refractivity contribution in [2.45, 2.75) is 27.6 Å². The summed E-state index contributed by atoms with van der Waals surface area (Å²) in [5.41, 5.74) is 1.07. The number of hydrogen-bond donors (Lipinski definition) is 1. The van der Waals surface area contributed by atoms with Crippen LogP contribution in [0.25, 0.3) is 0 Å². The molecule has 0 aliphatic rings. The minimum absolute atomic E-state index is 0.102. The minimum atomic E-state index is -0.530. The van der Waals surface area contributed by atoms with Gasteiger partial charge in [-0.1, -0.05) is 51.9 Å². The lowest BCUT2D eigenvalue weighted by Crippen LogP contribution is -2.28. The van der Waals surface area contributed by atoms with Crippen LogP contribution in [-0.4, -0.2) is 17.7 Å². The zero-order valence-electron chi connectivity index (χ0n) is 9.74. The first-order chi connectivity index (χ1) is 6.82. The van der Waals surface area contributed by atoms with Gasteiger partial charge in [0.05, 0.1) is 0 Å². The summed E-state index contributed by atoms with van der Waals surface area (Å²) in [7, 11) is 0. The lowest BCUT2D eigenvalue weighted by molar-refractivity contribution is 0.0858. The molecular formula is C12H17BO2. The van der Waals surface area contributed by atoms with Crippen LogP contribution in [0.1, 0.15) is 31.1 Å². The Morgan fingerprint density at radius 2 is 1.93 bits per heavy atom. The molecular weight excluding hydrogens is 187 g/mol. The van der Waals surface area contributed by atoms with E-state index in [1.54, 1.807) is 25.0 Å². The SMILES string of the molecule is CB(O)c1cccc(C(=O)C(C)(C)C)c1. The van der Waals surface area contributed by atoms with Gasteiger partial charge in [0.1, 0.15) is 0 Å². The lowest BCUT2D eigenvalue weighted by Gasteiger charge is -2.17. The maximum Gasteiger partial charge on any atom is 0.320 e. The highest BCUT2D eigenvalue weighted by molar-refractivity contribution is 6.64. The van der Waals surface area contributed by atoms with Gasteiger partial charge in [0.2, 0.25) is 0 Å². The van der Waals surface area contributed by atoms with Crippen LogP contribution in [0.2, 0.25) is 6.82 Å². The molecule has 0 radical (unpaired) electrons. The molecule has 1 aromatic carbocycles. The molecule has 15 heavy (non-hydrogen) atoms. The molecule has 0 atom stereocenters. The molecule has 3 heteroatoms. The standard InChI is InChI=1S/C12H17BO2/c1-12(2,3)11(14)9-6-5-7-10(8-9)13(4)15/h5-8,15H,1-4H3. The van der Waals surface area contributed by atoms with E-state index in [2.05, 4.69) is 0 Å². The largest absolute Gasteiger partial charge is 0.447 e. The second-order valence-corrected chi connectivity index (χ2v) is 4.88. The van der Waals surface area contributed by atoms with Crippen LogP contribution in [0.3, 0.4) is 0 Å². The predicted molar refractivity (Wildman–Crippen MR) is 63.7 cm³/mol. The van der Waals surface area contributed by atoms with Gasteiger partial charge >= 0.3 is 6.92 Å². The summed E-state index contributed by atoms with van der Waals surface area (Å²) in [6.07, 6.45) is 0. The number of benzene rings is 1. The zero-order valence-corrected chi connectivity index (χ0v) is 9.74. The van der Waals surface area contributed by atoms with E-state index < -0.39 is 6.92 Å². The highest BCUT2D eigenvalue weighted by Crippen LogP contribution is 2.19. The molecule has 2 nitrogen and oxygen atoms in total. The molecule has 1 rings (SSSR count). The Labute approximate surface area is 91.4 Å². The Hall–Kier alpha value is -1.09. The van der Waals surface area contributed by atoms with E-state index in [1.165, 1.54) is 0 Å². The summed E-state index contributed by atoms with van der Waals surface area (Å²) in [4.78, 5) is 12.0. The van der Waals surface area contributed by atoms with E-state index in [1.807, 2.05) is 26.8 Å². The van der Waals surface area contributed by atoms with Gasteiger partial charge in [-0.2, -0.15) is 0 Å². The second-order valence-electron chi connectivity index (χ2n) is 4.88. The van der Waals surface area contributed by atoms with Gasteiger partial charge in [0.25, 0.3) is 0 Å². The Morgan fingerprint density at radius 3 is 2.40 bits per heavy atom. The Kier molecular flexibility index (Phi) is 3.35. The summed E-state index contributed by atoms with van der Waals surface area (Å²) >= 11 is 0. The average Bonchev–Trinajstić information content (AvgIpc) is 2.15. The molecule has 0 heterocycles. The third-order valence-electron chi connectivity index (χ3n) is 2.31. The first-order valence-electron chi connectivity index (χ1n) is 5.15. The van der Waals surface area contributed by atoms with Crippen molar-refractivity contribution < 1.29 is 9.82 Å². The Morgan fingerprint density at radius 1 is 1.33 bits per heavy atom. The smallest absolute Gasteiger partial charge is 0.320 e. The van der Waals surface area contributed by atoms with Crippen molar-refractivity contribution in [3.05, 3.63) is 29.8 Å². The fourth-order valence-corrected chi connectivity index (χ4v) is 1.37. The van der Waals surface area contributed by atoms with Gasteiger partial charge in [-0.3, -0.25) is 4.79 Å². The fourth-order valence-electron chi connectivity index (χ4n) is 1.37. The topological polar surface area (TPSA) is 37.3 Å². The van der Waals surface area contributed by atoms with Gasteiger partial charge in [-0.25, -0.2) is 0 Å². The van der Waals surface area contributed by atoms with Gasteiger partial charge in [0.15, 0.2) is 5.78 Å². The maximum atomic E-state index is 12.0. The number of hydrogen-bond acceptors (Lipinski definition) is 2. The van der Waals surface area contributed by atoms with Crippen LogP contribution >= 0.6 is 0 Å². The molecule has 0 saturated heterocycles. The fraction of sp³-hybridized carbons (Fsp3) is 0.417. The van der Waals surface area contributed by atoms with Crippen LogP contribution in [-0.2, 0) is 0 Å². The summed E-state index contributed by atoms with van der Waals surface area (Å²) in [5.74, 6) is 0.102. The van der Waals surface area contributed by atoms with E-state index in [0.29, 0.717) is 5.56 Å². The summed E-state index contributed by atoms with van der Waals surface area (Å²) < 4.78 is 0. The molecule has 80 valence electrons. The van der Waals surface area contributed by atoms with Crippen molar-refractivity contribution in [2.75, 3.05) is 0 Å². The van der Waals surface area contributed by atoms with Gasteiger partial charge in [-0.05, 0) is 5.46 Å². The molecule has 0 aromatic heterocycles. The molecule has 0 bridgehead atoms. The number of carbonyl (C=O) groups is 1. The van der Waals surface area contributed by atoms with E-state index in [9.17, 15) is 9.82 Å². The van der Waals surface area contributed by atoms with Crippen LogP contribution in [0.4, 0.5) is 0 Å². The summed E-state index contributed by atoms with van der Waals surface area (Å²) in [5, 5.41) is 9.42. The first-order valence-corrected chi connectivity index (χ1v) is 5.15. The molecule has 1 aromatic rings. The van der Waals surface area contributed by atoms with Gasteiger partial charge < -0.3 is 5.02 Å². The number of rotatable bonds is 2. The van der Waals surface area contributed by atoms with Gasteiger partial charge in [0, 0.05) is 11.0 Å². The number of Topliss-reactive ketones (excluding diaryl/α,β-unsaturated/α-hetero) is 1. The third kappa shape index (κ3) is 2.93. The van der Waals surface area contributed by atoms with Crippen LogP contribution < -0.4 is 5.46 Å². The van der Waals surface area contributed by atoms with Crippen molar-refractivity contribution in [3.8, 4) is 0 Å². The highest BCUT2D eigenvalue weighted by Gasteiger charge is 2.23. The van der Waals surface area contributed by atoms with Gasteiger partial charge in [-0.15, -0.1) is 0 Å². The Bertz CT molecular complexity index is 364. The molecule has 0 spiro atoms. The van der Waals surface area contributed by atoms with Crippen molar-refractivity contribution in [1.29, 1.82) is 0 Å². The number of ketones is 1. The lowest BCUT2D eigenvalue weighted by atomic mass is 9.64. The second kappa shape index (κ2) is 4.19. The molecule has 0 aliphatic heterocycles. The van der Waals surface area contributed by atoms with Crippen LogP contribution in [0.15, 0.2) is 24.3 Å². The summed E-state index contributed by atoms with van der Waals surface area (Å²) in [6, 6.07) is 7.18. The normalized spacial score (nSPS) is 11.3. The van der Waals surface area contributed by atoms with Crippen molar-refractivity contribution in [3.63, 3.8) is 0 Å². The minimum Gasteiger partial charge on any atom is -0.447 e. The zero-order chi connectivity index (χ0) is 11.6. The predicted octanol–water partition coefficient (Wildman–Crippen LogP) is 1.74. The third-order valence-corrected chi connectivity index (χ3v) is 2.31. The van der Waals surface area contributed by atoms with E-state index in [0.717, 1.165) is 5.46 Å². The van der Waals surface area contributed by atoms with Crippen LogP contribution in [0.5, 0.6) is 0 Å². The van der Waals surface area contributed by atoms with E-state index >= 15 is 0 Å². The molecule has 0 unspecified atom stereocenters. The monoisotopic (exact) mass is 204 g/mol. The van der Waals surface area contributed by atoms with Crippen molar-refractivity contribution in [2.24, 2.45) is 5.41 Å².